The first-order valence-corrected chi connectivity index (χ1v) is 7.42. The second-order valence-electron chi connectivity index (χ2n) is 4.91. The summed E-state index contributed by atoms with van der Waals surface area (Å²) in [6.07, 6.45) is 0.745. The minimum Gasteiger partial charge on any atom is -0.493 e. The number of methoxy groups -OCH3 is 1. The van der Waals surface area contributed by atoms with Crippen LogP contribution < -0.4 is 14.2 Å². The average Bonchev–Trinajstić information content (AvgIpc) is 2.61. The van der Waals surface area contributed by atoms with Crippen LogP contribution in [0, 0.1) is 0 Å². The van der Waals surface area contributed by atoms with Crippen LogP contribution in [0.15, 0.2) is 53.7 Å². The number of oxime groups is 1. The third-order valence-electron chi connectivity index (χ3n) is 3.29. The van der Waals surface area contributed by atoms with E-state index < -0.39 is 0 Å². The molecule has 0 atom stereocenters. The maximum atomic E-state index is 8.86. The van der Waals surface area contributed by atoms with Gasteiger partial charge < -0.3 is 19.4 Å². The number of benzene rings is 2. The molecule has 0 bridgehead atoms. The predicted octanol–water partition coefficient (Wildman–Crippen LogP) is 3.74. The maximum absolute atomic E-state index is 8.86. The summed E-state index contributed by atoms with van der Waals surface area (Å²) in [6.45, 7) is 2.80. The third kappa shape index (κ3) is 4.92. The fourth-order valence-electron chi connectivity index (χ4n) is 2.02. The molecule has 0 saturated carbocycles. The zero-order valence-corrected chi connectivity index (χ0v) is 13.4. The monoisotopic (exact) mass is 315 g/mol. The minimum absolute atomic E-state index is 0.502. The summed E-state index contributed by atoms with van der Waals surface area (Å²) < 4.78 is 16.7. The molecule has 0 radical (unpaired) electrons. The van der Waals surface area contributed by atoms with E-state index in [9.17, 15) is 0 Å². The van der Waals surface area contributed by atoms with Crippen LogP contribution in [0.25, 0.3) is 0 Å². The van der Waals surface area contributed by atoms with Gasteiger partial charge in [-0.3, -0.25) is 0 Å². The zero-order valence-electron chi connectivity index (χ0n) is 13.4. The molecule has 0 fully saturated rings. The fraction of sp³-hybridized carbons (Fsp3) is 0.278. The predicted molar refractivity (Wildman–Crippen MR) is 89.0 cm³/mol. The van der Waals surface area contributed by atoms with E-state index in [-0.39, 0.29) is 0 Å². The quantitative estimate of drug-likeness (QED) is 0.349. The topological polar surface area (TPSA) is 60.3 Å². The van der Waals surface area contributed by atoms with Crippen LogP contribution in [0.1, 0.15) is 18.9 Å². The number of nitrogens with zero attached hydrogens (tertiary/aromatic N) is 1. The van der Waals surface area contributed by atoms with Crippen molar-refractivity contribution in [3.63, 3.8) is 0 Å². The van der Waals surface area contributed by atoms with Gasteiger partial charge in [0.2, 0.25) is 0 Å². The molecule has 1 N–H and O–H groups in total. The second-order valence-corrected chi connectivity index (χ2v) is 4.91. The van der Waals surface area contributed by atoms with Crippen LogP contribution in [0.5, 0.6) is 17.2 Å². The Balaban J connectivity index is 1.86. The van der Waals surface area contributed by atoms with E-state index in [1.165, 1.54) is 0 Å². The number of para-hydroxylation sites is 1. The molecule has 0 aliphatic heterocycles. The molecule has 0 unspecified atom stereocenters. The Morgan fingerprint density at radius 1 is 1.00 bits per heavy atom. The van der Waals surface area contributed by atoms with Gasteiger partial charge >= 0.3 is 0 Å². The molecular formula is C18H21NO4. The highest BCUT2D eigenvalue weighted by molar-refractivity contribution is 5.98. The molecule has 5 heteroatoms. The van der Waals surface area contributed by atoms with Gasteiger partial charge in [-0.15, -0.1) is 0 Å². The van der Waals surface area contributed by atoms with Gasteiger partial charge in [0, 0.05) is 12.0 Å². The molecule has 0 aromatic heterocycles. The van der Waals surface area contributed by atoms with Crippen LogP contribution in [-0.2, 0) is 0 Å². The van der Waals surface area contributed by atoms with Crippen LogP contribution in [-0.4, -0.2) is 31.2 Å². The van der Waals surface area contributed by atoms with Gasteiger partial charge in [-0.2, -0.15) is 0 Å². The molecule has 23 heavy (non-hydrogen) atoms. The van der Waals surface area contributed by atoms with Gasteiger partial charge in [0.1, 0.15) is 5.75 Å². The van der Waals surface area contributed by atoms with Gasteiger partial charge in [0.05, 0.1) is 26.0 Å². The highest BCUT2D eigenvalue weighted by Crippen LogP contribution is 2.28. The Hall–Kier alpha value is -2.69. The van der Waals surface area contributed by atoms with E-state index in [0.717, 1.165) is 17.7 Å². The van der Waals surface area contributed by atoms with Crippen molar-refractivity contribution in [1.82, 2.24) is 0 Å². The van der Waals surface area contributed by atoms with Crippen molar-refractivity contribution in [2.24, 2.45) is 5.16 Å². The zero-order chi connectivity index (χ0) is 16.5. The molecule has 2 rings (SSSR count). The van der Waals surface area contributed by atoms with Crippen molar-refractivity contribution >= 4 is 5.71 Å². The highest BCUT2D eigenvalue weighted by atomic mass is 16.5. The van der Waals surface area contributed by atoms with Crippen LogP contribution in [0.3, 0.4) is 0 Å². The summed E-state index contributed by atoms with van der Waals surface area (Å²) in [4.78, 5) is 0. The lowest BCUT2D eigenvalue weighted by molar-refractivity contribution is 0.240. The highest BCUT2D eigenvalue weighted by Gasteiger charge is 2.08. The molecule has 5 nitrogen and oxygen atoms in total. The molecule has 0 spiro atoms. The van der Waals surface area contributed by atoms with E-state index in [0.29, 0.717) is 30.4 Å². The Kier molecular flexibility index (Phi) is 6.29. The normalized spacial score (nSPS) is 11.1. The van der Waals surface area contributed by atoms with Crippen molar-refractivity contribution < 1.29 is 19.4 Å². The largest absolute Gasteiger partial charge is 0.493 e. The number of ether oxygens (including phenoxy) is 3. The van der Waals surface area contributed by atoms with Gasteiger partial charge in [-0.05, 0) is 37.3 Å². The standard InChI is InChI=1S/C18H21NO4/c1-14(19-20)15-9-10-17(21-2)18(13-15)23-12-6-11-22-16-7-4-3-5-8-16/h3-5,7-10,13,20H,6,11-12H2,1-2H3. The molecular weight excluding hydrogens is 294 g/mol. The molecule has 122 valence electrons. The van der Waals surface area contributed by atoms with E-state index in [1.54, 1.807) is 26.2 Å². The lowest BCUT2D eigenvalue weighted by Crippen LogP contribution is -2.06. The van der Waals surface area contributed by atoms with Crippen molar-refractivity contribution in [3.05, 3.63) is 54.1 Å². The van der Waals surface area contributed by atoms with Gasteiger partial charge in [-0.1, -0.05) is 23.4 Å². The summed E-state index contributed by atoms with van der Waals surface area (Å²) in [5.74, 6) is 2.11. The van der Waals surface area contributed by atoms with Gasteiger partial charge in [-0.25, -0.2) is 0 Å². The Labute approximate surface area is 136 Å². The summed E-state index contributed by atoms with van der Waals surface area (Å²) >= 11 is 0. The molecule has 0 aliphatic carbocycles. The second kappa shape index (κ2) is 8.68. The minimum atomic E-state index is 0.502. The molecule has 2 aromatic carbocycles. The fourth-order valence-corrected chi connectivity index (χ4v) is 2.02. The van der Waals surface area contributed by atoms with E-state index >= 15 is 0 Å². The third-order valence-corrected chi connectivity index (χ3v) is 3.29. The van der Waals surface area contributed by atoms with Crippen molar-refractivity contribution in [2.75, 3.05) is 20.3 Å². The summed E-state index contributed by atoms with van der Waals surface area (Å²) in [7, 11) is 1.59. The van der Waals surface area contributed by atoms with Crippen LogP contribution >= 0.6 is 0 Å². The molecule has 0 saturated heterocycles. The first kappa shape index (κ1) is 16.7. The summed E-state index contributed by atoms with van der Waals surface area (Å²) in [5, 5.41) is 12.1. The van der Waals surface area contributed by atoms with E-state index in [1.807, 2.05) is 36.4 Å². The maximum Gasteiger partial charge on any atom is 0.161 e. The first-order chi connectivity index (χ1) is 11.2. The van der Waals surface area contributed by atoms with Gasteiger partial charge in [0.15, 0.2) is 11.5 Å². The lowest BCUT2D eigenvalue weighted by atomic mass is 10.1. The molecule has 0 amide bonds. The Bertz CT molecular complexity index is 641. The van der Waals surface area contributed by atoms with Crippen molar-refractivity contribution in [3.8, 4) is 17.2 Å². The summed E-state index contributed by atoms with van der Waals surface area (Å²) in [6, 6.07) is 15.1. The number of rotatable bonds is 8. The smallest absolute Gasteiger partial charge is 0.161 e. The van der Waals surface area contributed by atoms with E-state index in [4.69, 9.17) is 19.4 Å². The Morgan fingerprint density at radius 2 is 1.74 bits per heavy atom. The SMILES string of the molecule is COc1ccc(C(C)=NO)cc1OCCCOc1ccccc1. The van der Waals surface area contributed by atoms with Crippen molar-refractivity contribution in [1.29, 1.82) is 0 Å². The van der Waals surface area contributed by atoms with Gasteiger partial charge in [0.25, 0.3) is 0 Å². The molecule has 0 aliphatic rings. The van der Waals surface area contributed by atoms with Crippen LogP contribution in [0.4, 0.5) is 0 Å². The first-order valence-electron chi connectivity index (χ1n) is 7.42. The number of hydrogen-bond acceptors (Lipinski definition) is 5. The van der Waals surface area contributed by atoms with E-state index in [2.05, 4.69) is 5.16 Å². The van der Waals surface area contributed by atoms with Crippen molar-refractivity contribution in [2.45, 2.75) is 13.3 Å². The molecule has 2 aromatic rings. The molecule has 0 heterocycles. The number of hydrogen-bond donors (Lipinski definition) is 1. The van der Waals surface area contributed by atoms with Crippen LogP contribution in [0.2, 0.25) is 0 Å². The summed E-state index contributed by atoms with van der Waals surface area (Å²) in [5.41, 5.74) is 1.30. The average molecular weight is 315 g/mol. The lowest BCUT2D eigenvalue weighted by Gasteiger charge is -2.12. The Morgan fingerprint density at radius 3 is 2.43 bits per heavy atom.